The van der Waals surface area contributed by atoms with Crippen LogP contribution in [0.1, 0.15) is 25.7 Å². The van der Waals surface area contributed by atoms with Gasteiger partial charge in [-0.15, -0.1) is 0 Å². The highest BCUT2D eigenvalue weighted by Crippen LogP contribution is 2.22. The number of amides is 2. The molecule has 2 fully saturated rings. The van der Waals surface area contributed by atoms with Crippen LogP contribution in [0, 0.1) is 0 Å². The van der Waals surface area contributed by atoms with Gasteiger partial charge in [0.1, 0.15) is 6.04 Å². The van der Waals surface area contributed by atoms with Crippen LogP contribution in [0.25, 0.3) is 0 Å². The second-order valence-electron chi connectivity index (χ2n) is 4.23. The smallest absolute Gasteiger partial charge is 0.243 e. The Morgan fingerprint density at radius 2 is 2.07 bits per heavy atom. The Morgan fingerprint density at radius 1 is 1.33 bits per heavy atom. The molecule has 2 rings (SSSR count). The molecule has 0 spiro atoms. The summed E-state index contributed by atoms with van der Waals surface area (Å²) in [6, 6.07) is 0.0783. The van der Waals surface area contributed by atoms with Gasteiger partial charge in [0, 0.05) is 12.6 Å². The molecular weight excluding hydrogens is 194 g/mol. The van der Waals surface area contributed by atoms with E-state index in [0.717, 1.165) is 25.7 Å². The molecule has 2 aliphatic rings. The number of rotatable bonds is 3. The van der Waals surface area contributed by atoms with E-state index in [1.165, 1.54) is 0 Å². The maximum atomic E-state index is 11.8. The molecule has 5 nitrogen and oxygen atoms in total. The number of likely N-dealkylation sites (tertiary alicyclic amines) is 1. The summed E-state index contributed by atoms with van der Waals surface area (Å²) >= 11 is 0. The van der Waals surface area contributed by atoms with Crippen molar-refractivity contribution in [1.29, 1.82) is 0 Å². The second-order valence-corrected chi connectivity index (χ2v) is 4.23. The molecule has 0 radical (unpaired) electrons. The van der Waals surface area contributed by atoms with Gasteiger partial charge in [-0.05, 0) is 25.7 Å². The van der Waals surface area contributed by atoms with Crippen molar-refractivity contribution in [3.63, 3.8) is 0 Å². The molecule has 0 aromatic heterocycles. The molecular formula is C10H17N3O2. The number of hydrogen-bond donors (Lipinski definition) is 2. The van der Waals surface area contributed by atoms with E-state index in [0.29, 0.717) is 12.6 Å². The van der Waals surface area contributed by atoms with Crippen LogP contribution in [0.5, 0.6) is 0 Å². The van der Waals surface area contributed by atoms with Gasteiger partial charge in [-0.1, -0.05) is 0 Å². The third-order valence-corrected chi connectivity index (χ3v) is 2.97. The molecule has 84 valence electrons. The van der Waals surface area contributed by atoms with Crippen molar-refractivity contribution in [1.82, 2.24) is 10.2 Å². The normalized spacial score (nSPS) is 25.4. The third kappa shape index (κ3) is 2.28. The average Bonchev–Trinajstić information content (AvgIpc) is 2.90. The summed E-state index contributed by atoms with van der Waals surface area (Å²) in [6.07, 6.45) is 3.81. The zero-order valence-electron chi connectivity index (χ0n) is 8.74. The summed E-state index contributed by atoms with van der Waals surface area (Å²) in [6.45, 7) is 0.659. The maximum Gasteiger partial charge on any atom is 0.243 e. The quantitative estimate of drug-likeness (QED) is 0.642. The summed E-state index contributed by atoms with van der Waals surface area (Å²) in [7, 11) is 0. The first-order chi connectivity index (χ1) is 7.22. The fourth-order valence-electron chi connectivity index (χ4n) is 1.98. The molecule has 1 aliphatic heterocycles. The van der Waals surface area contributed by atoms with E-state index in [4.69, 9.17) is 5.73 Å². The molecule has 1 saturated carbocycles. The highest BCUT2D eigenvalue weighted by molar-refractivity contribution is 5.89. The number of nitrogens with two attached hydrogens (primary N) is 1. The van der Waals surface area contributed by atoms with Crippen molar-refractivity contribution in [2.75, 3.05) is 13.1 Å². The Bertz CT molecular complexity index is 276. The Morgan fingerprint density at radius 3 is 2.67 bits per heavy atom. The summed E-state index contributed by atoms with van der Waals surface area (Å²) < 4.78 is 0. The minimum atomic E-state index is -0.276. The molecule has 1 unspecified atom stereocenters. The minimum Gasteiger partial charge on any atom is -0.352 e. The lowest BCUT2D eigenvalue weighted by molar-refractivity contribution is -0.137. The maximum absolute atomic E-state index is 11.8. The minimum absolute atomic E-state index is 0.00296. The second kappa shape index (κ2) is 4.18. The van der Waals surface area contributed by atoms with Gasteiger partial charge < -0.3 is 16.0 Å². The van der Waals surface area contributed by atoms with Crippen LogP contribution in [0.2, 0.25) is 0 Å². The fourth-order valence-corrected chi connectivity index (χ4v) is 1.98. The first-order valence-corrected chi connectivity index (χ1v) is 5.52. The topological polar surface area (TPSA) is 75.4 Å². The van der Waals surface area contributed by atoms with Crippen LogP contribution in [-0.2, 0) is 9.59 Å². The van der Waals surface area contributed by atoms with Gasteiger partial charge in [0.15, 0.2) is 0 Å². The van der Waals surface area contributed by atoms with Crippen LogP contribution in [0.4, 0.5) is 0 Å². The van der Waals surface area contributed by atoms with Crippen molar-refractivity contribution in [3.05, 3.63) is 0 Å². The van der Waals surface area contributed by atoms with Crippen LogP contribution < -0.4 is 11.1 Å². The molecule has 2 amide bonds. The van der Waals surface area contributed by atoms with Crippen molar-refractivity contribution in [2.24, 2.45) is 5.73 Å². The van der Waals surface area contributed by atoms with Gasteiger partial charge in [0.05, 0.1) is 6.54 Å². The molecule has 1 heterocycles. The molecule has 15 heavy (non-hydrogen) atoms. The molecule has 0 aromatic carbocycles. The first kappa shape index (κ1) is 10.4. The molecule has 0 bridgehead atoms. The fraction of sp³-hybridized carbons (Fsp3) is 0.800. The first-order valence-electron chi connectivity index (χ1n) is 5.52. The van der Waals surface area contributed by atoms with Gasteiger partial charge >= 0.3 is 0 Å². The largest absolute Gasteiger partial charge is 0.352 e. The van der Waals surface area contributed by atoms with Crippen LogP contribution >= 0.6 is 0 Å². The van der Waals surface area contributed by atoms with E-state index in [2.05, 4.69) is 5.32 Å². The number of nitrogens with zero attached hydrogens (tertiary/aromatic N) is 1. The van der Waals surface area contributed by atoms with Crippen LogP contribution in [0.3, 0.4) is 0 Å². The van der Waals surface area contributed by atoms with Gasteiger partial charge in [0.2, 0.25) is 11.8 Å². The zero-order valence-corrected chi connectivity index (χ0v) is 8.74. The number of carbonyl (C=O) groups is 2. The zero-order chi connectivity index (χ0) is 10.8. The highest BCUT2D eigenvalue weighted by atomic mass is 16.2. The monoisotopic (exact) mass is 211 g/mol. The SMILES string of the molecule is NCC(=O)N1CCCC1C(=O)NC1CC1. The predicted octanol–water partition coefficient (Wildman–Crippen LogP) is -0.785. The molecule has 5 heteroatoms. The molecule has 3 N–H and O–H groups in total. The van der Waals surface area contributed by atoms with E-state index >= 15 is 0 Å². The third-order valence-electron chi connectivity index (χ3n) is 2.97. The van der Waals surface area contributed by atoms with E-state index in [1.807, 2.05) is 0 Å². The molecule has 0 aromatic rings. The van der Waals surface area contributed by atoms with Gasteiger partial charge in [0.25, 0.3) is 0 Å². The predicted molar refractivity (Wildman–Crippen MR) is 55.0 cm³/mol. The molecule has 1 aliphatic carbocycles. The average molecular weight is 211 g/mol. The van der Waals surface area contributed by atoms with E-state index in [9.17, 15) is 9.59 Å². The summed E-state index contributed by atoms with van der Waals surface area (Å²) in [5.74, 6) is -0.125. The Balaban J connectivity index is 1.93. The van der Waals surface area contributed by atoms with E-state index in [1.54, 1.807) is 4.90 Å². The van der Waals surface area contributed by atoms with Crippen molar-refractivity contribution >= 4 is 11.8 Å². The summed E-state index contributed by atoms with van der Waals surface area (Å²) in [4.78, 5) is 24.8. The van der Waals surface area contributed by atoms with Crippen molar-refractivity contribution in [3.8, 4) is 0 Å². The van der Waals surface area contributed by atoms with E-state index < -0.39 is 0 Å². The Kier molecular flexibility index (Phi) is 2.90. The van der Waals surface area contributed by atoms with Gasteiger partial charge in [-0.2, -0.15) is 0 Å². The summed E-state index contributed by atoms with van der Waals surface area (Å²) in [5.41, 5.74) is 5.30. The van der Waals surface area contributed by atoms with E-state index in [-0.39, 0.29) is 24.4 Å². The molecule has 1 saturated heterocycles. The molecule has 1 atom stereocenters. The number of nitrogens with one attached hydrogen (secondary N) is 1. The van der Waals surface area contributed by atoms with Crippen molar-refractivity contribution < 1.29 is 9.59 Å². The lowest BCUT2D eigenvalue weighted by Gasteiger charge is -2.23. The lowest BCUT2D eigenvalue weighted by Crippen LogP contribution is -2.48. The van der Waals surface area contributed by atoms with Gasteiger partial charge in [-0.3, -0.25) is 9.59 Å². The number of carbonyl (C=O) groups excluding carboxylic acids is 2. The van der Waals surface area contributed by atoms with Crippen molar-refractivity contribution in [2.45, 2.75) is 37.8 Å². The highest BCUT2D eigenvalue weighted by Gasteiger charge is 2.35. The lowest BCUT2D eigenvalue weighted by atomic mass is 10.2. The summed E-state index contributed by atoms with van der Waals surface area (Å²) in [5, 5.41) is 2.93. The van der Waals surface area contributed by atoms with Crippen LogP contribution in [0.15, 0.2) is 0 Å². The van der Waals surface area contributed by atoms with Crippen LogP contribution in [-0.4, -0.2) is 41.9 Å². The number of hydrogen-bond acceptors (Lipinski definition) is 3. The van der Waals surface area contributed by atoms with Gasteiger partial charge in [-0.25, -0.2) is 0 Å². The Labute approximate surface area is 89.0 Å². The Hall–Kier alpha value is -1.10. The standard InChI is InChI=1S/C10H17N3O2/c11-6-9(14)13-5-1-2-8(13)10(15)12-7-3-4-7/h7-8H,1-6,11H2,(H,12,15).